The zero-order valence-electron chi connectivity index (χ0n) is 20.7. The molecule has 3 aromatic rings. The zero-order valence-corrected chi connectivity index (χ0v) is 23.9. The maximum atomic E-state index is 13.0. The highest BCUT2D eigenvalue weighted by Crippen LogP contribution is 2.27. The minimum atomic E-state index is -4.04. The molecule has 0 unspecified atom stereocenters. The van der Waals surface area contributed by atoms with E-state index in [-0.39, 0.29) is 31.8 Å². The average Bonchev–Trinajstić information content (AvgIpc) is 2.90. The lowest BCUT2D eigenvalue weighted by molar-refractivity contribution is 0.0993. The molecule has 1 fully saturated rings. The van der Waals surface area contributed by atoms with Gasteiger partial charge in [-0.2, -0.15) is 4.31 Å². The second-order valence-electron chi connectivity index (χ2n) is 8.76. The van der Waals surface area contributed by atoms with E-state index in [9.17, 15) is 21.6 Å². The van der Waals surface area contributed by atoms with Crippen molar-refractivity contribution in [3.05, 3.63) is 81.8 Å². The number of nitrogens with zero attached hydrogens (tertiary/aromatic N) is 4. The number of halogens is 2. The van der Waals surface area contributed by atoms with E-state index in [0.29, 0.717) is 23.7 Å². The van der Waals surface area contributed by atoms with Crippen LogP contribution < -0.4 is 9.63 Å². The standard InChI is InChI=1S/C25H23Cl2N5O5S2/c1-17-15-20(8-12-24(17)39(36,37)32-13-3-2-4-14-32)28-31-29-25(33)22-16-19(27)7-11-23(22)30-38(34,35)21-9-5-18(26)6-10-21/h5-12,15-16H,2-4,13-14H2,1H3/p+1. The highest BCUT2D eigenvalue weighted by atomic mass is 35.5. The van der Waals surface area contributed by atoms with Gasteiger partial charge in [0.1, 0.15) is 0 Å². The van der Waals surface area contributed by atoms with Crippen LogP contribution in [0.5, 0.6) is 0 Å². The lowest BCUT2D eigenvalue weighted by Gasteiger charge is -2.26. The van der Waals surface area contributed by atoms with Crippen molar-refractivity contribution in [1.82, 2.24) is 9.22 Å². The van der Waals surface area contributed by atoms with E-state index in [1.54, 1.807) is 6.92 Å². The predicted molar refractivity (Wildman–Crippen MR) is 148 cm³/mol. The van der Waals surface area contributed by atoms with Crippen LogP contribution in [-0.4, -0.2) is 40.1 Å². The summed E-state index contributed by atoms with van der Waals surface area (Å²) in [6.45, 7) is 2.64. The van der Waals surface area contributed by atoms with Crippen molar-refractivity contribution in [3.63, 3.8) is 0 Å². The second-order valence-corrected chi connectivity index (χ2v) is 13.2. The van der Waals surface area contributed by atoms with E-state index >= 15 is 0 Å². The number of aryl methyl sites for hydroxylation is 1. The Balaban J connectivity index is 1.55. The van der Waals surface area contributed by atoms with Gasteiger partial charge in [-0.25, -0.2) is 16.8 Å². The fourth-order valence-corrected chi connectivity index (χ4v) is 7.10. The fraction of sp³-hybridized carbons (Fsp3) is 0.240. The Morgan fingerprint density at radius 1 is 0.897 bits per heavy atom. The van der Waals surface area contributed by atoms with Gasteiger partial charge in [0.2, 0.25) is 20.0 Å². The summed E-state index contributed by atoms with van der Waals surface area (Å²) in [6.07, 6.45) is 2.67. The number of hydrogen-bond donors (Lipinski definition) is 1. The number of carbonyl (C=O) groups excluding carboxylic acids is 1. The first-order valence-electron chi connectivity index (χ1n) is 11.8. The minimum Gasteiger partial charge on any atom is -0.279 e. The summed E-state index contributed by atoms with van der Waals surface area (Å²) in [5.41, 5.74) is 0.577. The Morgan fingerprint density at radius 3 is 2.23 bits per heavy atom. The Hall–Kier alpha value is -3.12. The van der Waals surface area contributed by atoms with Gasteiger partial charge in [0.25, 0.3) is 10.0 Å². The molecule has 204 valence electrons. The summed E-state index contributed by atoms with van der Waals surface area (Å²) in [7, 11) is -7.66. The van der Waals surface area contributed by atoms with Crippen molar-refractivity contribution in [3.8, 4) is 0 Å². The van der Waals surface area contributed by atoms with Crippen LogP contribution >= 0.6 is 23.2 Å². The van der Waals surface area contributed by atoms with Crippen LogP contribution in [0.4, 0.5) is 11.4 Å². The first-order chi connectivity index (χ1) is 18.5. The number of benzene rings is 3. The van der Waals surface area contributed by atoms with Gasteiger partial charge in [0.15, 0.2) is 10.8 Å². The fourth-order valence-electron chi connectivity index (χ4n) is 4.00. The smallest absolute Gasteiger partial charge is 0.279 e. The quantitative estimate of drug-likeness (QED) is 0.270. The van der Waals surface area contributed by atoms with Crippen LogP contribution in [-0.2, 0) is 20.0 Å². The summed E-state index contributed by atoms with van der Waals surface area (Å²) >= 11 is 11.9. The number of anilines is 1. The number of carbonyl (C=O) groups is 1. The van der Waals surface area contributed by atoms with E-state index < -0.39 is 26.0 Å². The van der Waals surface area contributed by atoms with Gasteiger partial charge in [-0.05, 0) is 86.0 Å². The molecule has 0 aliphatic carbocycles. The molecule has 0 atom stereocenters. The monoisotopic (exact) mass is 608 g/mol. The Bertz CT molecular complexity index is 1680. The van der Waals surface area contributed by atoms with Crippen LogP contribution in [0.1, 0.15) is 35.2 Å². The van der Waals surface area contributed by atoms with Crippen LogP contribution in [0, 0.1) is 6.92 Å². The van der Waals surface area contributed by atoms with Crippen LogP contribution in [0.15, 0.2) is 80.7 Å². The van der Waals surface area contributed by atoms with Crippen molar-refractivity contribution >= 4 is 60.5 Å². The zero-order chi connectivity index (χ0) is 28.2. The molecule has 0 spiro atoms. The van der Waals surface area contributed by atoms with Crippen LogP contribution in [0.25, 0.3) is 0 Å². The number of rotatable bonds is 7. The van der Waals surface area contributed by atoms with Crippen LogP contribution in [0.2, 0.25) is 10.0 Å². The third kappa shape index (κ3) is 6.91. The topological polar surface area (TPSA) is 139 Å². The molecule has 10 nitrogen and oxygen atoms in total. The van der Waals surface area contributed by atoms with E-state index in [2.05, 4.69) is 19.9 Å². The van der Waals surface area contributed by atoms with Gasteiger partial charge in [-0.15, -0.1) is 0 Å². The summed E-state index contributed by atoms with van der Waals surface area (Å²) in [5, 5.41) is 8.01. The third-order valence-electron chi connectivity index (χ3n) is 5.97. The molecule has 1 amide bonds. The van der Waals surface area contributed by atoms with Gasteiger partial charge >= 0.3 is 5.91 Å². The number of piperidine rings is 1. The SMILES string of the molecule is Cc1cc(N=[N+]=NC(=O)c2cc(Cl)ccc2NS(=O)(=O)c2ccc(Cl)cc2)ccc1S(=O)(=O)N1CCCCC1. The van der Waals surface area contributed by atoms with Crippen LogP contribution in [0.3, 0.4) is 0 Å². The van der Waals surface area contributed by atoms with E-state index in [1.807, 2.05) is 0 Å². The van der Waals surface area contributed by atoms with Crippen molar-refractivity contribution in [1.29, 1.82) is 0 Å². The highest BCUT2D eigenvalue weighted by Gasteiger charge is 2.27. The molecule has 0 bridgehead atoms. The van der Waals surface area contributed by atoms with E-state index in [0.717, 1.165) is 19.3 Å². The van der Waals surface area contributed by atoms with E-state index in [4.69, 9.17) is 23.2 Å². The molecular formula is C25H24Cl2N5O5S2+. The molecule has 0 saturated carbocycles. The molecule has 0 radical (unpaired) electrons. The highest BCUT2D eigenvalue weighted by molar-refractivity contribution is 7.92. The summed E-state index contributed by atoms with van der Waals surface area (Å²) in [5.74, 6) is -0.893. The van der Waals surface area contributed by atoms with Crippen molar-refractivity contribution < 1.29 is 21.6 Å². The Labute approximate surface area is 236 Å². The van der Waals surface area contributed by atoms with E-state index in [1.165, 1.54) is 65.0 Å². The van der Waals surface area contributed by atoms with Gasteiger partial charge in [-0.3, -0.25) is 9.52 Å². The molecule has 1 N–H and O–H groups in total. The maximum absolute atomic E-state index is 13.0. The largest absolute Gasteiger partial charge is 0.362 e. The Kier molecular flexibility index (Phi) is 8.85. The molecule has 14 heteroatoms. The van der Waals surface area contributed by atoms with Crippen molar-refractivity contribution in [2.75, 3.05) is 17.8 Å². The Morgan fingerprint density at radius 2 is 1.56 bits per heavy atom. The predicted octanol–water partition coefficient (Wildman–Crippen LogP) is 5.72. The van der Waals surface area contributed by atoms with Gasteiger partial charge in [-0.1, -0.05) is 29.6 Å². The average molecular weight is 610 g/mol. The minimum absolute atomic E-state index is 0.0542. The molecule has 39 heavy (non-hydrogen) atoms. The summed E-state index contributed by atoms with van der Waals surface area (Å²) in [4.78, 5) is 16.5. The number of nitrogens with one attached hydrogen (secondary N) is 1. The lowest BCUT2D eigenvalue weighted by Crippen LogP contribution is -2.35. The lowest BCUT2D eigenvalue weighted by atomic mass is 10.2. The first-order valence-corrected chi connectivity index (χ1v) is 15.5. The van der Waals surface area contributed by atoms with Gasteiger partial charge in [0, 0.05) is 23.1 Å². The third-order valence-corrected chi connectivity index (χ3v) is 9.89. The molecule has 1 aliphatic heterocycles. The normalized spacial score (nSPS) is 14.3. The van der Waals surface area contributed by atoms with Gasteiger partial charge < -0.3 is 0 Å². The first kappa shape index (κ1) is 28.9. The molecule has 1 heterocycles. The van der Waals surface area contributed by atoms with Gasteiger partial charge in [0.05, 0.1) is 21.0 Å². The summed E-state index contributed by atoms with van der Waals surface area (Å²) in [6, 6.07) is 14.0. The molecular weight excluding hydrogens is 585 g/mol. The number of hydrogen-bond acceptors (Lipinski definition) is 6. The molecule has 4 rings (SSSR count). The van der Waals surface area contributed by atoms with Crippen molar-refractivity contribution in [2.24, 2.45) is 10.2 Å². The molecule has 3 aromatic carbocycles. The number of amides is 1. The maximum Gasteiger partial charge on any atom is 0.362 e. The molecule has 1 aliphatic rings. The second kappa shape index (κ2) is 12.0. The molecule has 0 aromatic heterocycles. The molecule has 1 saturated heterocycles. The summed E-state index contributed by atoms with van der Waals surface area (Å²) < 4.78 is 55.4. The number of sulfonamides is 2. The van der Waals surface area contributed by atoms with Crippen molar-refractivity contribution in [2.45, 2.75) is 36.0 Å².